The van der Waals surface area contributed by atoms with Gasteiger partial charge < -0.3 is 10.6 Å². The van der Waals surface area contributed by atoms with Crippen molar-refractivity contribution in [3.05, 3.63) is 18.0 Å². The number of hydrogen-bond donors (Lipinski definition) is 2. The van der Waals surface area contributed by atoms with Crippen molar-refractivity contribution in [3.63, 3.8) is 0 Å². The van der Waals surface area contributed by atoms with Crippen LogP contribution >= 0.6 is 0 Å². The van der Waals surface area contributed by atoms with Gasteiger partial charge in [-0.25, -0.2) is 0 Å². The van der Waals surface area contributed by atoms with Crippen LogP contribution in [0.2, 0.25) is 0 Å². The Hall–Kier alpha value is -1.36. The van der Waals surface area contributed by atoms with Gasteiger partial charge in [-0.3, -0.25) is 9.48 Å². The van der Waals surface area contributed by atoms with Crippen molar-refractivity contribution >= 4 is 5.91 Å². The molecule has 2 N–H and O–H groups in total. The number of carbonyl (C=O) groups is 1. The molecule has 1 amide bonds. The van der Waals surface area contributed by atoms with E-state index in [0.717, 1.165) is 25.1 Å². The Morgan fingerprint density at radius 3 is 2.83 bits per heavy atom. The maximum absolute atomic E-state index is 11.6. The van der Waals surface area contributed by atoms with Crippen LogP contribution in [0.15, 0.2) is 12.4 Å². The molecule has 1 rings (SSSR count). The Balaban J connectivity index is 2.38. The monoisotopic (exact) mass is 252 g/mol. The maximum Gasteiger partial charge on any atom is 0.226 e. The van der Waals surface area contributed by atoms with Gasteiger partial charge in [0.25, 0.3) is 0 Å². The highest BCUT2D eigenvalue weighted by Crippen LogP contribution is 2.13. The third-order valence-corrected chi connectivity index (χ3v) is 2.88. The van der Waals surface area contributed by atoms with E-state index in [1.165, 1.54) is 0 Å². The molecule has 1 aromatic heterocycles. The predicted molar refractivity (Wildman–Crippen MR) is 72.1 cm³/mol. The van der Waals surface area contributed by atoms with E-state index in [-0.39, 0.29) is 5.91 Å². The summed E-state index contributed by atoms with van der Waals surface area (Å²) in [7, 11) is 1.67. The summed E-state index contributed by atoms with van der Waals surface area (Å²) < 4.78 is 1.95. The molecule has 1 heterocycles. The Labute approximate surface area is 109 Å². The topological polar surface area (TPSA) is 59.0 Å². The lowest BCUT2D eigenvalue weighted by atomic mass is 9.92. The van der Waals surface area contributed by atoms with Gasteiger partial charge in [-0.2, -0.15) is 5.10 Å². The first-order valence-corrected chi connectivity index (χ1v) is 6.44. The molecule has 18 heavy (non-hydrogen) atoms. The van der Waals surface area contributed by atoms with E-state index in [0.29, 0.717) is 6.54 Å². The highest BCUT2D eigenvalue weighted by molar-refractivity contribution is 5.81. The quantitative estimate of drug-likeness (QED) is 0.765. The van der Waals surface area contributed by atoms with E-state index in [4.69, 9.17) is 0 Å². The van der Waals surface area contributed by atoms with E-state index in [2.05, 4.69) is 22.7 Å². The smallest absolute Gasteiger partial charge is 0.226 e. The molecule has 1 aromatic rings. The molecule has 0 aromatic carbocycles. The molecule has 0 aliphatic heterocycles. The summed E-state index contributed by atoms with van der Waals surface area (Å²) in [6.45, 7) is 8.32. The standard InChI is InChI=1S/C13H24N4O/c1-5-6-17-9-11(8-16-17)7-15-10-13(2,3)12(18)14-4/h8-9,15H,5-7,10H2,1-4H3,(H,14,18). The average molecular weight is 252 g/mol. The summed E-state index contributed by atoms with van der Waals surface area (Å²) in [4.78, 5) is 11.6. The molecule has 5 nitrogen and oxygen atoms in total. The summed E-state index contributed by atoms with van der Waals surface area (Å²) >= 11 is 0. The molecule has 0 spiro atoms. The van der Waals surface area contributed by atoms with Crippen LogP contribution < -0.4 is 10.6 Å². The van der Waals surface area contributed by atoms with E-state index < -0.39 is 5.41 Å². The second kappa shape index (κ2) is 6.54. The van der Waals surface area contributed by atoms with E-state index >= 15 is 0 Å². The molecule has 0 bridgehead atoms. The van der Waals surface area contributed by atoms with Crippen LogP contribution in [0.4, 0.5) is 0 Å². The van der Waals surface area contributed by atoms with Crippen LogP contribution in [-0.4, -0.2) is 29.3 Å². The fraction of sp³-hybridized carbons (Fsp3) is 0.692. The molecule has 102 valence electrons. The molecular formula is C13H24N4O. The van der Waals surface area contributed by atoms with Crippen LogP contribution in [-0.2, 0) is 17.9 Å². The minimum absolute atomic E-state index is 0.0525. The highest BCUT2D eigenvalue weighted by Gasteiger charge is 2.25. The lowest BCUT2D eigenvalue weighted by Crippen LogP contribution is -2.41. The van der Waals surface area contributed by atoms with Gasteiger partial charge in [-0.05, 0) is 20.3 Å². The number of amides is 1. The minimum Gasteiger partial charge on any atom is -0.359 e. The minimum atomic E-state index is -0.395. The number of aromatic nitrogens is 2. The van der Waals surface area contributed by atoms with Crippen molar-refractivity contribution in [2.24, 2.45) is 5.41 Å². The van der Waals surface area contributed by atoms with Crippen LogP contribution in [0.5, 0.6) is 0 Å². The third-order valence-electron chi connectivity index (χ3n) is 2.88. The van der Waals surface area contributed by atoms with Crippen molar-refractivity contribution < 1.29 is 4.79 Å². The van der Waals surface area contributed by atoms with Crippen LogP contribution in [0, 0.1) is 5.41 Å². The maximum atomic E-state index is 11.6. The summed E-state index contributed by atoms with van der Waals surface area (Å²) in [5.41, 5.74) is 0.755. The van der Waals surface area contributed by atoms with E-state index in [1.807, 2.05) is 30.9 Å². The summed E-state index contributed by atoms with van der Waals surface area (Å²) in [6.07, 6.45) is 5.00. The van der Waals surface area contributed by atoms with Gasteiger partial charge in [0.15, 0.2) is 0 Å². The second-order valence-corrected chi connectivity index (χ2v) is 5.18. The Morgan fingerprint density at radius 2 is 2.22 bits per heavy atom. The molecule has 0 saturated carbocycles. The molecule has 0 unspecified atom stereocenters. The van der Waals surface area contributed by atoms with Gasteiger partial charge in [-0.15, -0.1) is 0 Å². The lowest BCUT2D eigenvalue weighted by Gasteiger charge is -2.22. The molecule has 0 radical (unpaired) electrons. The zero-order valence-electron chi connectivity index (χ0n) is 11.8. The zero-order valence-corrected chi connectivity index (χ0v) is 11.8. The molecule has 0 atom stereocenters. The van der Waals surface area contributed by atoms with Crippen molar-refractivity contribution in [1.29, 1.82) is 0 Å². The predicted octanol–water partition coefficient (Wildman–Crippen LogP) is 1.15. The lowest BCUT2D eigenvalue weighted by molar-refractivity contribution is -0.128. The van der Waals surface area contributed by atoms with Crippen molar-refractivity contribution in [3.8, 4) is 0 Å². The zero-order chi connectivity index (χ0) is 13.6. The summed E-state index contributed by atoms with van der Waals surface area (Å²) in [6, 6.07) is 0. The fourth-order valence-electron chi connectivity index (χ4n) is 1.79. The van der Waals surface area contributed by atoms with Crippen LogP contribution in [0.25, 0.3) is 0 Å². The van der Waals surface area contributed by atoms with Crippen LogP contribution in [0.3, 0.4) is 0 Å². The fourth-order valence-corrected chi connectivity index (χ4v) is 1.79. The number of carbonyl (C=O) groups excluding carboxylic acids is 1. The SMILES string of the molecule is CCCn1cc(CNCC(C)(C)C(=O)NC)cn1. The van der Waals surface area contributed by atoms with Crippen molar-refractivity contribution in [1.82, 2.24) is 20.4 Å². The largest absolute Gasteiger partial charge is 0.359 e. The normalized spacial score (nSPS) is 11.6. The molecule has 0 saturated heterocycles. The van der Waals surface area contributed by atoms with Gasteiger partial charge in [0.1, 0.15) is 0 Å². The van der Waals surface area contributed by atoms with Gasteiger partial charge in [0.2, 0.25) is 5.91 Å². The number of nitrogens with zero attached hydrogens (tertiary/aromatic N) is 2. The first-order valence-electron chi connectivity index (χ1n) is 6.44. The molecule has 0 fully saturated rings. The highest BCUT2D eigenvalue weighted by atomic mass is 16.2. The van der Waals surface area contributed by atoms with Gasteiger partial charge in [-0.1, -0.05) is 6.92 Å². The number of rotatable bonds is 7. The molecule has 0 aliphatic rings. The Morgan fingerprint density at radius 1 is 1.50 bits per heavy atom. The summed E-state index contributed by atoms with van der Waals surface area (Å²) in [5, 5.41) is 10.2. The number of nitrogens with one attached hydrogen (secondary N) is 2. The number of hydrogen-bond acceptors (Lipinski definition) is 3. The average Bonchev–Trinajstić information content (AvgIpc) is 2.76. The van der Waals surface area contributed by atoms with Gasteiger partial charge in [0.05, 0.1) is 11.6 Å². The van der Waals surface area contributed by atoms with Crippen molar-refractivity contribution in [2.45, 2.75) is 40.3 Å². The van der Waals surface area contributed by atoms with Gasteiger partial charge >= 0.3 is 0 Å². The molecular weight excluding hydrogens is 228 g/mol. The number of aryl methyl sites for hydroxylation is 1. The molecule has 0 aliphatic carbocycles. The van der Waals surface area contributed by atoms with E-state index in [1.54, 1.807) is 7.05 Å². The first-order chi connectivity index (χ1) is 8.49. The van der Waals surface area contributed by atoms with Gasteiger partial charge in [0, 0.05) is 38.4 Å². The Kier molecular flexibility index (Phi) is 5.34. The third kappa shape index (κ3) is 4.14. The second-order valence-electron chi connectivity index (χ2n) is 5.18. The van der Waals surface area contributed by atoms with E-state index in [9.17, 15) is 4.79 Å². The van der Waals surface area contributed by atoms with Crippen LogP contribution in [0.1, 0.15) is 32.8 Å². The first kappa shape index (κ1) is 14.7. The Bertz CT molecular complexity index is 384. The van der Waals surface area contributed by atoms with Crippen molar-refractivity contribution in [2.75, 3.05) is 13.6 Å². The molecule has 5 heteroatoms. The summed E-state index contributed by atoms with van der Waals surface area (Å²) in [5.74, 6) is 0.0525.